The van der Waals surface area contributed by atoms with Gasteiger partial charge in [0.1, 0.15) is 5.82 Å². The van der Waals surface area contributed by atoms with Gasteiger partial charge in [0.05, 0.1) is 0 Å². The number of carboxylic acids is 2. The first-order valence-electron chi connectivity index (χ1n) is 10.6. The van der Waals surface area contributed by atoms with Crippen LogP contribution in [0.5, 0.6) is 0 Å². The quantitative estimate of drug-likeness (QED) is 0.473. The highest BCUT2D eigenvalue weighted by molar-refractivity contribution is 5.87. The Balaban J connectivity index is 0.000000426. The van der Waals surface area contributed by atoms with E-state index in [0.717, 1.165) is 37.4 Å². The van der Waals surface area contributed by atoms with E-state index < -0.39 is 24.3 Å². The molecule has 0 radical (unpaired) electrons. The number of carbonyl (C=O) groups is 3. The average molecular weight is 557 g/mol. The molecule has 0 aromatic carbocycles. The fourth-order valence-corrected chi connectivity index (χ4v) is 2.87. The molecular formula is C20H25F6N7O5. The van der Waals surface area contributed by atoms with Crippen LogP contribution in [-0.4, -0.2) is 91.4 Å². The van der Waals surface area contributed by atoms with Gasteiger partial charge in [-0.3, -0.25) is 15.0 Å². The second-order valence-corrected chi connectivity index (χ2v) is 7.63. The number of carbonyl (C=O) groups excluding carboxylic acids is 1. The first-order chi connectivity index (χ1) is 17.4. The highest BCUT2D eigenvalue weighted by atomic mass is 19.4. The summed E-state index contributed by atoms with van der Waals surface area (Å²) in [5, 5.41) is 21.2. The van der Waals surface area contributed by atoms with E-state index in [2.05, 4.69) is 32.2 Å². The molecular weight excluding hydrogens is 532 g/mol. The van der Waals surface area contributed by atoms with Crippen LogP contribution in [0.3, 0.4) is 0 Å². The van der Waals surface area contributed by atoms with Gasteiger partial charge in [-0.2, -0.15) is 31.3 Å². The lowest BCUT2D eigenvalue weighted by atomic mass is 10.2. The number of aliphatic carboxylic acids is 2. The normalized spacial score (nSPS) is 13.8. The van der Waals surface area contributed by atoms with Crippen LogP contribution in [0.1, 0.15) is 17.8 Å². The van der Waals surface area contributed by atoms with E-state index in [0.29, 0.717) is 12.5 Å². The molecule has 3 heterocycles. The molecule has 0 bridgehead atoms. The molecule has 0 atom stereocenters. The van der Waals surface area contributed by atoms with Crippen molar-refractivity contribution >= 4 is 29.6 Å². The maximum atomic E-state index is 12.4. The molecule has 38 heavy (non-hydrogen) atoms. The van der Waals surface area contributed by atoms with Crippen molar-refractivity contribution < 1.29 is 50.9 Å². The van der Waals surface area contributed by atoms with Crippen molar-refractivity contribution in [1.82, 2.24) is 24.6 Å². The number of aryl methyl sites for hydroxylation is 3. The van der Waals surface area contributed by atoms with Crippen LogP contribution < -0.4 is 10.2 Å². The summed E-state index contributed by atoms with van der Waals surface area (Å²) in [7, 11) is 1.80. The predicted molar refractivity (Wildman–Crippen MR) is 120 cm³/mol. The number of aromatic nitrogens is 4. The smallest absolute Gasteiger partial charge is 0.475 e. The van der Waals surface area contributed by atoms with Gasteiger partial charge in [-0.1, -0.05) is 0 Å². The summed E-state index contributed by atoms with van der Waals surface area (Å²) in [5.41, 5.74) is 2.35. The van der Waals surface area contributed by atoms with E-state index in [1.54, 1.807) is 11.7 Å². The number of hydrogen-bond acceptors (Lipinski definition) is 7. The Hall–Kier alpha value is -4.12. The van der Waals surface area contributed by atoms with Crippen molar-refractivity contribution in [2.45, 2.75) is 32.6 Å². The first kappa shape index (κ1) is 31.9. The van der Waals surface area contributed by atoms with Gasteiger partial charge in [0.2, 0.25) is 5.95 Å². The maximum absolute atomic E-state index is 12.4. The summed E-state index contributed by atoms with van der Waals surface area (Å²) in [6, 6.07) is 1.89. The molecule has 0 unspecified atom stereocenters. The van der Waals surface area contributed by atoms with Crippen LogP contribution in [-0.2, 0) is 16.6 Å². The fourth-order valence-electron chi connectivity index (χ4n) is 2.87. The number of carboxylic acid groups (broad SMARTS) is 2. The Kier molecular flexibility index (Phi) is 11.3. The van der Waals surface area contributed by atoms with Gasteiger partial charge in [0.15, 0.2) is 0 Å². The fraction of sp³-hybridized carbons (Fsp3) is 0.500. The van der Waals surface area contributed by atoms with E-state index in [9.17, 15) is 31.1 Å². The lowest BCUT2D eigenvalue weighted by Gasteiger charge is -2.24. The number of rotatable bonds is 2. The van der Waals surface area contributed by atoms with Gasteiger partial charge in [-0.15, -0.1) is 5.10 Å². The van der Waals surface area contributed by atoms with Crippen molar-refractivity contribution in [3.05, 3.63) is 29.8 Å². The lowest BCUT2D eigenvalue weighted by molar-refractivity contribution is -0.193. The predicted octanol–water partition coefficient (Wildman–Crippen LogP) is 2.84. The van der Waals surface area contributed by atoms with Crippen LogP contribution in [0.25, 0.3) is 0 Å². The number of pyridine rings is 1. The van der Waals surface area contributed by atoms with Crippen molar-refractivity contribution in [2.24, 2.45) is 7.05 Å². The number of amides is 2. The average Bonchev–Trinajstić information content (AvgIpc) is 2.98. The first-order valence-corrected chi connectivity index (χ1v) is 10.6. The van der Waals surface area contributed by atoms with E-state index >= 15 is 0 Å². The zero-order valence-electron chi connectivity index (χ0n) is 20.3. The molecule has 2 aromatic rings. The summed E-state index contributed by atoms with van der Waals surface area (Å²) in [6.07, 6.45) is -5.56. The highest BCUT2D eigenvalue weighted by Gasteiger charge is 2.38. The summed E-state index contributed by atoms with van der Waals surface area (Å²) in [6.45, 7) is 7.02. The molecule has 3 rings (SSSR count). The summed E-state index contributed by atoms with van der Waals surface area (Å²) in [4.78, 5) is 42.7. The maximum Gasteiger partial charge on any atom is 0.490 e. The topological polar surface area (TPSA) is 154 Å². The number of halogens is 6. The van der Waals surface area contributed by atoms with Crippen molar-refractivity contribution in [2.75, 3.05) is 36.4 Å². The number of urea groups is 1. The van der Waals surface area contributed by atoms with E-state index in [1.807, 2.05) is 30.3 Å². The van der Waals surface area contributed by atoms with E-state index in [-0.39, 0.29) is 6.03 Å². The Morgan fingerprint density at radius 2 is 1.50 bits per heavy atom. The molecule has 0 aliphatic carbocycles. The third kappa shape index (κ3) is 10.5. The van der Waals surface area contributed by atoms with Gasteiger partial charge in [-0.05, 0) is 31.9 Å². The van der Waals surface area contributed by atoms with Crippen LogP contribution in [0.4, 0.5) is 42.8 Å². The van der Waals surface area contributed by atoms with Crippen LogP contribution in [0.2, 0.25) is 0 Å². The van der Waals surface area contributed by atoms with Crippen molar-refractivity contribution in [3.63, 3.8) is 0 Å². The molecule has 1 fully saturated rings. The summed E-state index contributed by atoms with van der Waals surface area (Å²) in [5.74, 6) is -4.40. The molecule has 2 amide bonds. The zero-order valence-corrected chi connectivity index (χ0v) is 20.3. The standard InChI is InChI=1S/C16H23N7O.2C2HF3O2/c1-12-11-17-6-5-14(12)22-7-4-8-23(10-9-22)16(24)19-15-18-13(2)21(3)20-15;2*3-2(4,5)1(6)7/h5-6,11H,4,7-10H2,1-3H3,(H,19,20,24);2*(H,6,7). The SMILES string of the molecule is Cc1cnccc1N1CCCN(C(=O)Nc2nc(C)n(C)n2)CC1.O=C(O)C(F)(F)F.O=C(O)C(F)(F)F. The number of nitrogens with one attached hydrogen (secondary N) is 1. The van der Waals surface area contributed by atoms with Crippen molar-refractivity contribution in [3.8, 4) is 0 Å². The third-order valence-corrected chi connectivity index (χ3v) is 4.80. The van der Waals surface area contributed by atoms with Gasteiger partial charge >= 0.3 is 30.3 Å². The number of anilines is 2. The molecule has 212 valence electrons. The van der Waals surface area contributed by atoms with Crippen LogP contribution in [0, 0.1) is 13.8 Å². The minimum Gasteiger partial charge on any atom is -0.475 e. The van der Waals surface area contributed by atoms with E-state index in [1.165, 1.54) is 5.69 Å². The second-order valence-electron chi connectivity index (χ2n) is 7.63. The minimum absolute atomic E-state index is 0.145. The van der Waals surface area contributed by atoms with Crippen molar-refractivity contribution in [1.29, 1.82) is 0 Å². The summed E-state index contributed by atoms with van der Waals surface area (Å²) < 4.78 is 65.1. The molecule has 0 saturated carbocycles. The largest absolute Gasteiger partial charge is 0.490 e. The molecule has 3 N–H and O–H groups in total. The number of alkyl halides is 6. The van der Waals surface area contributed by atoms with Crippen LogP contribution in [0.15, 0.2) is 18.5 Å². The van der Waals surface area contributed by atoms with Gasteiger partial charge in [0, 0.05) is 51.3 Å². The molecule has 12 nitrogen and oxygen atoms in total. The van der Waals surface area contributed by atoms with E-state index in [4.69, 9.17) is 19.8 Å². The Morgan fingerprint density at radius 3 is 1.95 bits per heavy atom. The third-order valence-electron chi connectivity index (χ3n) is 4.80. The molecule has 0 spiro atoms. The Bertz CT molecular complexity index is 1060. The number of nitrogens with zero attached hydrogens (tertiary/aromatic N) is 6. The Morgan fingerprint density at radius 1 is 0.947 bits per heavy atom. The van der Waals surface area contributed by atoms with Gasteiger partial charge in [-0.25, -0.2) is 14.4 Å². The molecule has 1 aliphatic heterocycles. The highest BCUT2D eigenvalue weighted by Crippen LogP contribution is 2.20. The molecule has 1 saturated heterocycles. The summed E-state index contributed by atoms with van der Waals surface area (Å²) >= 11 is 0. The second kappa shape index (κ2) is 13.4. The molecule has 18 heteroatoms. The lowest BCUT2D eigenvalue weighted by Crippen LogP contribution is -2.38. The van der Waals surface area contributed by atoms with Crippen LogP contribution >= 0.6 is 0 Å². The molecule has 2 aromatic heterocycles. The Labute approximate surface area is 211 Å². The van der Waals surface area contributed by atoms with Gasteiger partial charge in [0.25, 0.3) is 0 Å². The number of hydrogen-bond donors (Lipinski definition) is 3. The molecule has 1 aliphatic rings. The zero-order chi connectivity index (χ0) is 29.3. The monoisotopic (exact) mass is 557 g/mol. The minimum atomic E-state index is -5.08. The van der Waals surface area contributed by atoms with Gasteiger partial charge < -0.3 is 20.0 Å².